The van der Waals surface area contributed by atoms with Crippen LogP contribution in [0.2, 0.25) is 5.15 Å². The van der Waals surface area contributed by atoms with Crippen molar-refractivity contribution in [3.05, 3.63) is 23.4 Å². The fraction of sp³-hybridized carbons (Fsp3) is 0.364. The number of nitrogens with zero attached hydrogens (tertiary/aromatic N) is 2. The molecule has 0 saturated carbocycles. The summed E-state index contributed by atoms with van der Waals surface area (Å²) in [6, 6.07) is 4.55. The average molecular weight is 270 g/mol. The first kappa shape index (κ1) is 12.6. The van der Waals surface area contributed by atoms with Gasteiger partial charge in [-0.2, -0.15) is 0 Å². The molecule has 0 spiro atoms. The summed E-state index contributed by atoms with van der Waals surface area (Å²) >= 11 is 5.70. The second-order valence-corrected chi connectivity index (χ2v) is 4.43. The number of amides is 2. The Hall–Kier alpha value is -1.82. The van der Waals surface area contributed by atoms with E-state index in [0.29, 0.717) is 18.8 Å². The maximum Gasteiger partial charge on any atom is 0.323 e. The lowest BCUT2D eigenvalue weighted by Crippen LogP contribution is -2.34. The second kappa shape index (κ2) is 5.22. The number of hydrogen-bond acceptors (Lipinski definition) is 3. The third-order valence-electron chi connectivity index (χ3n) is 2.77. The summed E-state index contributed by atoms with van der Waals surface area (Å²) in [7, 11) is 0. The summed E-state index contributed by atoms with van der Waals surface area (Å²) in [5.74, 6) is -1.000. The zero-order valence-electron chi connectivity index (χ0n) is 9.47. The fourth-order valence-electron chi connectivity index (χ4n) is 1.81. The highest BCUT2D eigenvalue weighted by Crippen LogP contribution is 2.17. The number of aromatic nitrogens is 1. The van der Waals surface area contributed by atoms with Crippen LogP contribution in [0.1, 0.15) is 6.42 Å². The molecule has 6 nitrogen and oxygen atoms in total. The summed E-state index contributed by atoms with van der Waals surface area (Å²) in [5, 5.41) is 11.7. The topological polar surface area (TPSA) is 82.5 Å². The lowest BCUT2D eigenvalue weighted by atomic mass is 10.1. The van der Waals surface area contributed by atoms with Crippen LogP contribution >= 0.6 is 11.6 Å². The van der Waals surface area contributed by atoms with Crippen LogP contribution in [-0.2, 0) is 4.79 Å². The number of carbonyl (C=O) groups is 2. The molecule has 1 aromatic rings. The van der Waals surface area contributed by atoms with Crippen molar-refractivity contribution in [3.8, 4) is 0 Å². The Morgan fingerprint density at radius 2 is 2.28 bits per heavy atom. The van der Waals surface area contributed by atoms with Gasteiger partial charge < -0.3 is 10.0 Å². The number of halogens is 1. The van der Waals surface area contributed by atoms with E-state index in [2.05, 4.69) is 10.3 Å². The minimum atomic E-state index is -0.869. The van der Waals surface area contributed by atoms with Gasteiger partial charge in [0.2, 0.25) is 0 Å². The zero-order valence-corrected chi connectivity index (χ0v) is 10.2. The molecule has 18 heavy (non-hydrogen) atoms. The summed E-state index contributed by atoms with van der Waals surface area (Å²) < 4.78 is 0. The van der Waals surface area contributed by atoms with Gasteiger partial charge in [-0.05, 0) is 18.6 Å². The molecule has 0 bridgehead atoms. The van der Waals surface area contributed by atoms with Crippen LogP contribution in [0.4, 0.5) is 10.6 Å². The molecule has 1 unspecified atom stereocenters. The van der Waals surface area contributed by atoms with Crippen molar-refractivity contribution in [1.82, 2.24) is 9.88 Å². The number of nitrogens with one attached hydrogen (secondary N) is 1. The molecule has 2 rings (SSSR count). The summed E-state index contributed by atoms with van der Waals surface area (Å²) in [5.41, 5.74) is 0. The van der Waals surface area contributed by atoms with E-state index < -0.39 is 11.9 Å². The summed E-state index contributed by atoms with van der Waals surface area (Å²) in [6.07, 6.45) is 0.478. The second-order valence-electron chi connectivity index (χ2n) is 4.05. The van der Waals surface area contributed by atoms with Crippen LogP contribution in [0.5, 0.6) is 0 Å². The highest BCUT2D eigenvalue weighted by Gasteiger charge is 2.30. The Bertz CT molecular complexity index is 480. The molecule has 2 amide bonds. The third-order valence-corrected chi connectivity index (χ3v) is 2.99. The van der Waals surface area contributed by atoms with Crippen LogP contribution in [-0.4, -0.2) is 40.1 Å². The number of likely N-dealkylation sites (tertiary alicyclic amines) is 1. The molecule has 0 radical (unpaired) electrons. The number of carboxylic acid groups (broad SMARTS) is 1. The zero-order chi connectivity index (χ0) is 13.1. The molecule has 2 N–H and O–H groups in total. The standard InChI is InChI=1S/C11H12ClN3O3/c12-8-2-1-3-9(13-8)14-11(18)15-5-4-7(6-15)10(16)17/h1-3,7H,4-6H2,(H,16,17)(H,13,14,18). The van der Waals surface area contributed by atoms with Gasteiger partial charge in [0.1, 0.15) is 11.0 Å². The number of carboxylic acids is 1. The third kappa shape index (κ3) is 2.89. The van der Waals surface area contributed by atoms with Crippen molar-refractivity contribution in [2.75, 3.05) is 18.4 Å². The average Bonchev–Trinajstić information content (AvgIpc) is 2.78. The molecular formula is C11H12ClN3O3. The van der Waals surface area contributed by atoms with Crippen molar-refractivity contribution in [2.45, 2.75) is 6.42 Å². The predicted octanol–water partition coefficient (Wildman–Crippen LogP) is 1.67. The molecule has 1 fully saturated rings. The van der Waals surface area contributed by atoms with E-state index in [0.717, 1.165) is 0 Å². The molecule has 7 heteroatoms. The van der Waals surface area contributed by atoms with Gasteiger partial charge in [-0.3, -0.25) is 10.1 Å². The Kier molecular flexibility index (Phi) is 3.66. The molecule has 1 saturated heterocycles. The molecule has 1 atom stereocenters. The summed E-state index contributed by atoms with van der Waals surface area (Å²) in [6.45, 7) is 0.658. The first-order valence-electron chi connectivity index (χ1n) is 5.47. The number of carbonyl (C=O) groups excluding carboxylic acids is 1. The van der Waals surface area contributed by atoms with Gasteiger partial charge in [0.25, 0.3) is 0 Å². The first-order chi connectivity index (χ1) is 8.56. The lowest BCUT2D eigenvalue weighted by molar-refractivity contribution is -0.141. The van der Waals surface area contributed by atoms with E-state index in [4.69, 9.17) is 16.7 Å². The molecule has 1 aromatic heterocycles. The van der Waals surface area contributed by atoms with Gasteiger partial charge >= 0.3 is 12.0 Å². The van der Waals surface area contributed by atoms with Crippen molar-refractivity contribution in [2.24, 2.45) is 5.92 Å². The molecule has 0 aromatic carbocycles. The Morgan fingerprint density at radius 3 is 2.89 bits per heavy atom. The number of aliphatic carboxylic acids is 1. The van der Waals surface area contributed by atoms with Gasteiger partial charge in [0.05, 0.1) is 5.92 Å². The van der Waals surface area contributed by atoms with E-state index in [9.17, 15) is 9.59 Å². The first-order valence-corrected chi connectivity index (χ1v) is 5.85. The van der Waals surface area contributed by atoms with Crippen molar-refractivity contribution < 1.29 is 14.7 Å². The Balaban J connectivity index is 1.95. The van der Waals surface area contributed by atoms with E-state index in [-0.39, 0.29) is 17.7 Å². The minimum absolute atomic E-state index is 0.224. The maximum absolute atomic E-state index is 11.8. The van der Waals surface area contributed by atoms with E-state index in [1.807, 2.05) is 0 Å². The van der Waals surface area contributed by atoms with Crippen LogP contribution in [0.15, 0.2) is 18.2 Å². The van der Waals surface area contributed by atoms with Crippen LogP contribution in [0.25, 0.3) is 0 Å². The van der Waals surface area contributed by atoms with Gasteiger partial charge in [-0.15, -0.1) is 0 Å². The SMILES string of the molecule is O=C(O)C1CCN(C(=O)Nc2cccc(Cl)n2)C1. The predicted molar refractivity (Wildman–Crippen MR) is 65.6 cm³/mol. The molecular weight excluding hydrogens is 258 g/mol. The van der Waals surface area contributed by atoms with Crippen molar-refractivity contribution in [1.29, 1.82) is 0 Å². The number of hydrogen-bond donors (Lipinski definition) is 2. The van der Waals surface area contributed by atoms with Crippen molar-refractivity contribution >= 4 is 29.4 Å². The molecule has 0 aliphatic carbocycles. The highest BCUT2D eigenvalue weighted by atomic mass is 35.5. The van der Waals surface area contributed by atoms with Gasteiger partial charge in [-0.1, -0.05) is 17.7 Å². The minimum Gasteiger partial charge on any atom is -0.481 e. The Morgan fingerprint density at radius 1 is 1.50 bits per heavy atom. The van der Waals surface area contributed by atoms with Gasteiger partial charge in [0, 0.05) is 13.1 Å². The molecule has 1 aliphatic rings. The molecule has 1 aliphatic heterocycles. The number of rotatable bonds is 2. The van der Waals surface area contributed by atoms with Gasteiger partial charge in [0.15, 0.2) is 0 Å². The number of anilines is 1. The maximum atomic E-state index is 11.8. The van der Waals surface area contributed by atoms with Crippen LogP contribution in [0, 0.1) is 5.92 Å². The van der Waals surface area contributed by atoms with Crippen molar-refractivity contribution in [3.63, 3.8) is 0 Å². The molecule has 2 heterocycles. The number of urea groups is 1. The van der Waals surface area contributed by atoms with E-state index in [1.165, 1.54) is 4.90 Å². The monoisotopic (exact) mass is 269 g/mol. The van der Waals surface area contributed by atoms with E-state index >= 15 is 0 Å². The van der Waals surface area contributed by atoms with Crippen LogP contribution < -0.4 is 5.32 Å². The lowest BCUT2D eigenvalue weighted by Gasteiger charge is -2.16. The summed E-state index contributed by atoms with van der Waals surface area (Å²) in [4.78, 5) is 28.0. The largest absolute Gasteiger partial charge is 0.481 e. The Labute approximate surface area is 109 Å². The quantitative estimate of drug-likeness (QED) is 0.800. The molecule has 96 valence electrons. The van der Waals surface area contributed by atoms with Gasteiger partial charge in [-0.25, -0.2) is 9.78 Å². The van der Waals surface area contributed by atoms with Crippen LogP contribution in [0.3, 0.4) is 0 Å². The normalized spacial score (nSPS) is 18.7. The van der Waals surface area contributed by atoms with E-state index in [1.54, 1.807) is 18.2 Å². The fourth-order valence-corrected chi connectivity index (χ4v) is 1.98. The number of pyridine rings is 1. The highest BCUT2D eigenvalue weighted by molar-refractivity contribution is 6.29. The smallest absolute Gasteiger partial charge is 0.323 e.